The van der Waals surface area contributed by atoms with Gasteiger partial charge in [-0.3, -0.25) is 9.59 Å². The molecule has 1 aliphatic rings. The van der Waals surface area contributed by atoms with Crippen molar-refractivity contribution in [2.75, 3.05) is 11.9 Å². The average Bonchev–Trinajstić information content (AvgIpc) is 3.02. The molecule has 0 aliphatic carbocycles. The lowest BCUT2D eigenvalue weighted by Gasteiger charge is -2.36. The molecule has 1 aliphatic heterocycles. The van der Waals surface area contributed by atoms with Crippen molar-refractivity contribution in [3.63, 3.8) is 0 Å². The lowest BCUT2D eigenvalue weighted by molar-refractivity contribution is -0.132. The number of hydrogen-bond donors (Lipinski definition) is 1. The summed E-state index contributed by atoms with van der Waals surface area (Å²) in [5.41, 5.74) is 3.04. The van der Waals surface area contributed by atoms with E-state index in [1.165, 1.54) is 16.9 Å². The van der Waals surface area contributed by atoms with E-state index in [4.69, 9.17) is 11.6 Å². The Hall–Kier alpha value is -2.44. The molecule has 4 rings (SSSR count). The van der Waals surface area contributed by atoms with Crippen LogP contribution in [-0.2, 0) is 16.0 Å². The van der Waals surface area contributed by atoms with Crippen molar-refractivity contribution < 1.29 is 9.59 Å². The molecule has 1 atom stereocenters. The smallest absolute Gasteiger partial charge is 0.228 e. The molecule has 138 valence electrons. The molecule has 7 heteroatoms. The van der Waals surface area contributed by atoms with Gasteiger partial charge in [0.05, 0.1) is 22.7 Å². The van der Waals surface area contributed by atoms with Crippen LogP contribution < -0.4 is 5.32 Å². The minimum absolute atomic E-state index is 0.0167. The van der Waals surface area contributed by atoms with Crippen LogP contribution >= 0.6 is 22.9 Å². The molecule has 1 unspecified atom stereocenters. The zero-order valence-electron chi connectivity index (χ0n) is 14.7. The largest absolute Gasteiger partial charge is 0.335 e. The molecular weight excluding hydrogens is 382 g/mol. The van der Waals surface area contributed by atoms with E-state index in [-0.39, 0.29) is 24.3 Å². The van der Waals surface area contributed by atoms with Crippen LogP contribution in [0.2, 0.25) is 5.02 Å². The van der Waals surface area contributed by atoms with Gasteiger partial charge in [-0.2, -0.15) is 0 Å². The Kier molecular flexibility index (Phi) is 4.85. The van der Waals surface area contributed by atoms with Crippen molar-refractivity contribution in [2.45, 2.75) is 25.8 Å². The molecular formula is C20H18ClN3O2S. The van der Waals surface area contributed by atoms with Crippen LogP contribution in [0.3, 0.4) is 0 Å². The van der Waals surface area contributed by atoms with Gasteiger partial charge in [0.1, 0.15) is 0 Å². The number of benzene rings is 2. The van der Waals surface area contributed by atoms with E-state index in [0.29, 0.717) is 16.7 Å². The van der Waals surface area contributed by atoms with Crippen LogP contribution in [0.4, 0.5) is 5.13 Å². The summed E-state index contributed by atoms with van der Waals surface area (Å²) >= 11 is 7.40. The van der Waals surface area contributed by atoms with Gasteiger partial charge in [0, 0.05) is 18.5 Å². The molecule has 5 nitrogen and oxygen atoms in total. The second-order valence-electron chi connectivity index (χ2n) is 6.56. The normalized spacial score (nSPS) is 16.2. The topological polar surface area (TPSA) is 62.3 Å². The van der Waals surface area contributed by atoms with Crippen LogP contribution in [0.1, 0.15) is 30.5 Å². The van der Waals surface area contributed by atoms with Crippen molar-refractivity contribution in [2.24, 2.45) is 0 Å². The summed E-state index contributed by atoms with van der Waals surface area (Å²) in [5.74, 6) is -0.176. The number of nitrogens with zero attached hydrogens (tertiary/aromatic N) is 2. The predicted molar refractivity (Wildman–Crippen MR) is 108 cm³/mol. The van der Waals surface area contributed by atoms with Gasteiger partial charge < -0.3 is 10.2 Å². The molecule has 0 fully saturated rings. The van der Waals surface area contributed by atoms with Crippen LogP contribution in [0.5, 0.6) is 0 Å². The maximum atomic E-state index is 12.7. The highest BCUT2D eigenvalue weighted by Crippen LogP contribution is 2.33. The Labute approximate surface area is 166 Å². The molecule has 0 radical (unpaired) electrons. The third kappa shape index (κ3) is 3.68. The maximum absolute atomic E-state index is 12.7. The van der Waals surface area contributed by atoms with Crippen molar-refractivity contribution in [3.8, 4) is 0 Å². The van der Waals surface area contributed by atoms with E-state index in [1.54, 1.807) is 17.9 Å². The number of carbonyl (C=O) groups is 2. The number of fused-ring (bicyclic) bond motifs is 2. The molecule has 0 saturated carbocycles. The number of thiazole rings is 1. The highest BCUT2D eigenvalue weighted by molar-refractivity contribution is 7.22. The Morgan fingerprint density at radius 3 is 2.93 bits per heavy atom. The van der Waals surface area contributed by atoms with Gasteiger partial charge in [-0.25, -0.2) is 4.98 Å². The summed E-state index contributed by atoms with van der Waals surface area (Å²) in [6, 6.07) is 13.2. The average molecular weight is 400 g/mol. The molecule has 2 aromatic carbocycles. The number of rotatable bonds is 3. The van der Waals surface area contributed by atoms with E-state index in [9.17, 15) is 9.59 Å². The van der Waals surface area contributed by atoms with Crippen LogP contribution in [0.15, 0.2) is 42.5 Å². The second kappa shape index (κ2) is 7.29. The molecule has 1 N–H and O–H groups in total. The summed E-state index contributed by atoms with van der Waals surface area (Å²) in [4.78, 5) is 31.0. The number of anilines is 1. The Morgan fingerprint density at radius 1 is 1.30 bits per heavy atom. The monoisotopic (exact) mass is 399 g/mol. The zero-order valence-corrected chi connectivity index (χ0v) is 16.3. The fourth-order valence-corrected chi connectivity index (χ4v) is 4.70. The summed E-state index contributed by atoms with van der Waals surface area (Å²) in [6.07, 6.45) is 1.01. The number of aromatic nitrogens is 1. The van der Waals surface area contributed by atoms with E-state index >= 15 is 0 Å². The molecule has 2 amide bonds. The van der Waals surface area contributed by atoms with Gasteiger partial charge in [-0.1, -0.05) is 47.2 Å². The van der Waals surface area contributed by atoms with Gasteiger partial charge in [-0.05, 0) is 35.7 Å². The summed E-state index contributed by atoms with van der Waals surface area (Å²) in [5, 5.41) is 4.05. The minimum Gasteiger partial charge on any atom is -0.335 e. The zero-order chi connectivity index (χ0) is 19.0. The Morgan fingerprint density at radius 2 is 2.11 bits per heavy atom. The second-order valence-corrected chi connectivity index (χ2v) is 8.03. The minimum atomic E-state index is -0.253. The van der Waals surface area contributed by atoms with Gasteiger partial charge in [-0.15, -0.1) is 0 Å². The first-order chi connectivity index (χ1) is 13.0. The SMILES string of the molecule is CC(=O)N1CCc2ccccc2C1CC(=O)Nc1nc2ccc(Cl)cc2s1. The van der Waals surface area contributed by atoms with Crippen LogP contribution in [0.25, 0.3) is 10.2 Å². The lowest BCUT2D eigenvalue weighted by Crippen LogP contribution is -2.40. The molecule has 0 spiro atoms. The standard InChI is InChI=1S/C20H18ClN3O2S/c1-12(25)24-9-8-13-4-2-3-5-15(13)17(24)11-19(26)23-20-22-16-7-6-14(21)10-18(16)27-20/h2-7,10,17H,8-9,11H2,1H3,(H,22,23,26). The van der Waals surface area contributed by atoms with Crippen LogP contribution in [-0.4, -0.2) is 28.2 Å². The van der Waals surface area contributed by atoms with Gasteiger partial charge in [0.15, 0.2) is 5.13 Å². The first-order valence-corrected chi connectivity index (χ1v) is 9.91. The quantitative estimate of drug-likeness (QED) is 0.708. The maximum Gasteiger partial charge on any atom is 0.228 e. The number of carbonyl (C=O) groups excluding carboxylic acids is 2. The van der Waals surface area contributed by atoms with Crippen molar-refractivity contribution in [1.29, 1.82) is 0 Å². The van der Waals surface area contributed by atoms with Gasteiger partial charge in [0.2, 0.25) is 11.8 Å². The van der Waals surface area contributed by atoms with Crippen LogP contribution in [0, 0.1) is 0 Å². The molecule has 27 heavy (non-hydrogen) atoms. The first kappa shape index (κ1) is 17.9. The molecule has 2 heterocycles. The number of hydrogen-bond acceptors (Lipinski definition) is 4. The van der Waals surface area contributed by atoms with Crippen molar-refractivity contribution in [3.05, 3.63) is 58.6 Å². The highest BCUT2D eigenvalue weighted by atomic mass is 35.5. The molecule has 0 saturated heterocycles. The van der Waals surface area contributed by atoms with E-state index in [0.717, 1.165) is 22.2 Å². The van der Waals surface area contributed by atoms with E-state index in [2.05, 4.69) is 16.4 Å². The fraction of sp³-hybridized carbons (Fsp3) is 0.250. The van der Waals surface area contributed by atoms with E-state index in [1.807, 2.05) is 30.3 Å². The summed E-state index contributed by atoms with van der Waals surface area (Å²) in [6.45, 7) is 2.18. The molecule has 1 aromatic heterocycles. The number of halogens is 1. The van der Waals surface area contributed by atoms with Gasteiger partial charge >= 0.3 is 0 Å². The first-order valence-electron chi connectivity index (χ1n) is 8.72. The van der Waals surface area contributed by atoms with E-state index < -0.39 is 0 Å². The van der Waals surface area contributed by atoms with Crippen molar-refractivity contribution in [1.82, 2.24) is 9.88 Å². The lowest BCUT2D eigenvalue weighted by atomic mass is 9.90. The summed E-state index contributed by atoms with van der Waals surface area (Å²) < 4.78 is 0.922. The Balaban J connectivity index is 1.55. The third-order valence-corrected chi connectivity index (χ3v) is 5.96. The van der Waals surface area contributed by atoms with Gasteiger partial charge in [0.25, 0.3) is 0 Å². The molecule has 0 bridgehead atoms. The third-order valence-electron chi connectivity index (χ3n) is 4.79. The number of amides is 2. The Bertz CT molecular complexity index is 1030. The predicted octanol–water partition coefficient (Wildman–Crippen LogP) is 4.42. The summed E-state index contributed by atoms with van der Waals surface area (Å²) in [7, 11) is 0. The highest BCUT2D eigenvalue weighted by Gasteiger charge is 2.30. The number of nitrogens with one attached hydrogen (secondary N) is 1. The van der Waals surface area contributed by atoms with Crippen molar-refractivity contribution >= 4 is 50.1 Å². The molecule has 3 aromatic rings. The fourth-order valence-electron chi connectivity index (χ4n) is 3.55.